The van der Waals surface area contributed by atoms with Gasteiger partial charge in [0.2, 0.25) is 11.1 Å². The molecule has 1 aromatic carbocycles. The van der Waals surface area contributed by atoms with Crippen molar-refractivity contribution in [3.05, 3.63) is 58.6 Å². The van der Waals surface area contributed by atoms with Gasteiger partial charge in [0.15, 0.2) is 6.20 Å². The molecule has 0 spiro atoms. The van der Waals surface area contributed by atoms with E-state index >= 15 is 0 Å². The summed E-state index contributed by atoms with van der Waals surface area (Å²) in [6, 6.07) is 8.88. The number of phenolic OH excluding ortho intramolecular Hbond substituents is 1. The summed E-state index contributed by atoms with van der Waals surface area (Å²) >= 11 is 0. The number of pyridine rings is 1. The van der Waals surface area contributed by atoms with Gasteiger partial charge in [-0.15, -0.1) is 0 Å². The molecule has 2 aromatic heterocycles. The Morgan fingerprint density at radius 1 is 1.25 bits per heavy atom. The van der Waals surface area contributed by atoms with Gasteiger partial charge >= 0.3 is 0 Å². The van der Waals surface area contributed by atoms with E-state index in [0.29, 0.717) is 11.1 Å². The van der Waals surface area contributed by atoms with E-state index in [1.54, 1.807) is 12.1 Å². The minimum Gasteiger partial charge on any atom is -0.507 e. The topological polar surface area (TPSA) is 54.3 Å². The van der Waals surface area contributed by atoms with Crippen molar-refractivity contribution in [2.75, 3.05) is 0 Å². The van der Waals surface area contributed by atoms with E-state index in [-0.39, 0.29) is 16.6 Å². The summed E-state index contributed by atoms with van der Waals surface area (Å²) in [4.78, 5) is 12.6. The molecule has 4 nitrogen and oxygen atoms in total. The highest BCUT2D eigenvalue weighted by Gasteiger charge is 2.18. The molecular weight excluding hydrogens is 254 g/mol. The highest BCUT2D eigenvalue weighted by Crippen LogP contribution is 2.25. The Bertz CT molecular complexity index is 865. The number of hydrogen-bond acceptors (Lipinski definition) is 3. The average Bonchev–Trinajstić information content (AvgIpc) is 2.39. The average molecular weight is 268 g/mol. The number of hydrogen-bond donors (Lipinski definition) is 1. The smallest absolute Gasteiger partial charge is 0.219 e. The second-order valence-corrected chi connectivity index (χ2v) is 4.83. The van der Waals surface area contributed by atoms with Crippen molar-refractivity contribution < 1.29 is 14.1 Å². The largest absolute Gasteiger partial charge is 0.507 e. The van der Waals surface area contributed by atoms with E-state index in [9.17, 15) is 9.90 Å². The van der Waals surface area contributed by atoms with Crippen LogP contribution in [0.25, 0.3) is 22.2 Å². The van der Waals surface area contributed by atoms with Crippen molar-refractivity contribution >= 4 is 11.0 Å². The number of aryl methyl sites for hydroxylation is 2. The quantitative estimate of drug-likeness (QED) is 0.689. The number of aromatic hydroxyl groups is 1. The lowest BCUT2D eigenvalue weighted by Gasteiger charge is -2.04. The molecule has 2 heterocycles. The van der Waals surface area contributed by atoms with Gasteiger partial charge < -0.3 is 9.52 Å². The summed E-state index contributed by atoms with van der Waals surface area (Å²) in [5.41, 5.74) is 2.18. The van der Waals surface area contributed by atoms with Gasteiger partial charge in [-0.3, -0.25) is 4.79 Å². The molecular formula is C16H14NO3+. The summed E-state index contributed by atoms with van der Waals surface area (Å²) in [6.45, 7) is 1.84. The van der Waals surface area contributed by atoms with E-state index in [2.05, 4.69) is 0 Å². The SMILES string of the molecule is Cc1cc(O)c2c(=O)c(-c3cccc[n+]3C)coc2c1. The van der Waals surface area contributed by atoms with E-state index in [1.807, 2.05) is 42.9 Å². The summed E-state index contributed by atoms with van der Waals surface area (Å²) in [5, 5.41) is 10.2. The zero-order chi connectivity index (χ0) is 14.3. The monoisotopic (exact) mass is 268 g/mol. The van der Waals surface area contributed by atoms with Gasteiger partial charge in [-0.1, -0.05) is 0 Å². The Labute approximate surface area is 115 Å². The maximum Gasteiger partial charge on any atom is 0.219 e. The van der Waals surface area contributed by atoms with Gasteiger partial charge in [-0.2, -0.15) is 0 Å². The van der Waals surface area contributed by atoms with Crippen LogP contribution in [0.1, 0.15) is 5.56 Å². The zero-order valence-electron chi connectivity index (χ0n) is 11.3. The van der Waals surface area contributed by atoms with E-state index in [1.165, 1.54) is 6.26 Å². The van der Waals surface area contributed by atoms with Crippen LogP contribution in [0.15, 0.2) is 52.0 Å². The fourth-order valence-electron chi connectivity index (χ4n) is 2.35. The molecule has 0 amide bonds. The molecule has 1 N–H and O–H groups in total. The van der Waals surface area contributed by atoms with Crippen molar-refractivity contribution in [2.24, 2.45) is 7.05 Å². The minimum absolute atomic E-state index is 0.0471. The number of nitrogens with zero attached hydrogens (tertiary/aromatic N) is 1. The van der Waals surface area contributed by atoms with Crippen LogP contribution in [-0.2, 0) is 7.05 Å². The third-order valence-corrected chi connectivity index (χ3v) is 3.33. The third-order valence-electron chi connectivity index (χ3n) is 3.33. The number of phenols is 1. The molecule has 0 aliphatic heterocycles. The maximum absolute atomic E-state index is 12.6. The lowest BCUT2D eigenvalue weighted by atomic mass is 10.1. The molecule has 0 saturated carbocycles. The Balaban J connectivity index is 2.38. The van der Waals surface area contributed by atoms with Gasteiger partial charge in [0.25, 0.3) is 0 Å². The maximum atomic E-state index is 12.6. The molecule has 0 bridgehead atoms. The molecule has 0 aliphatic carbocycles. The summed E-state index contributed by atoms with van der Waals surface area (Å²) in [6.07, 6.45) is 3.30. The van der Waals surface area contributed by atoms with Gasteiger partial charge in [0.05, 0.1) is 0 Å². The molecule has 100 valence electrons. The molecule has 0 unspecified atom stereocenters. The first-order valence-corrected chi connectivity index (χ1v) is 6.28. The summed E-state index contributed by atoms with van der Waals surface area (Å²) < 4.78 is 7.36. The first kappa shape index (κ1) is 12.4. The number of rotatable bonds is 1. The predicted molar refractivity (Wildman–Crippen MR) is 75.5 cm³/mol. The standard InChI is InChI=1S/C16H13NO3/c1-10-7-13(18)15-14(8-10)20-9-11(16(15)19)12-5-3-4-6-17(12)2/h3-9H,1-2H3/p+1. The first-order valence-electron chi connectivity index (χ1n) is 6.28. The number of benzene rings is 1. The normalized spacial score (nSPS) is 10.9. The van der Waals surface area contributed by atoms with Crippen molar-refractivity contribution in [1.82, 2.24) is 0 Å². The lowest BCUT2D eigenvalue weighted by molar-refractivity contribution is -0.660. The second kappa shape index (κ2) is 4.49. The highest BCUT2D eigenvalue weighted by molar-refractivity contribution is 5.86. The highest BCUT2D eigenvalue weighted by atomic mass is 16.3. The fraction of sp³-hybridized carbons (Fsp3) is 0.125. The Morgan fingerprint density at radius 2 is 2.05 bits per heavy atom. The molecule has 0 saturated heterocycles. The number of aromatic nitrogens is 1. The molecule has 0 radical (unpaired) electrons. The van der Waals surface area contributed by atoms with Crippen molar-refractivity contribution in [3.63, 3.8) is 0 Å². The molecule has 3 aromatic rings. The molecule has 0 fully saturated rings. The predicted octanol–water partition coefficient (Wildman–Crippen LogP) is 2.30. The Kier molecular flexibility index (Phi) is 2.79. The van der Waals surface area contributed by atoms with E-state index in [0.717, 1.165) is 11.3 Å². The van der Waals surface area contributed by atoms with Gasteiger partial charge in [0, 0.05) is 12.1 Å². The Morgan fingerprint density at radius 3 is 2.80 bits per heavy atom. The lowest BCUT2D eigenvalue weighted by Crippen LogP contribution is -2.31. The van der Waals surface area contributed by atoms with E-state index < -0.39 is 0 Å². The fourth-order valence-corrected chi connectivity index (χ4v) is 2.35. The minimum atomic E-state index is -0.231. The van der Waals surface area contributed by atoms with Crippen molar-refractivity contribution in [3.8, 4) is 17.0 Å². The summed E-state index contributed by atoms with van der Waals surface area (Å²) in [7, 11) is 1.86. The van der Waals surface area contributed by atoms with Gasteiger partial charge in [-0.25, -0.2) is 4.57 Å². The molecule has 20 heavy (non-hydrogen) atoms. The molecule has 0 aliphatic rings. The van der Waals surface area contributed by atoms with Crippen LogP contribution in [0.2, 0.25) is 0 Å². The van der Waals surface area contributed by atoms with Crippen LogP contribution in [0.5, 0.6) is 5.75 Å². The second-order valence-electron chi connectivity index (χ2n) is 4.83. The molecule has 4 heteroatoms. The van der Waals surface area contributed by atoms with Crippen molar-refractivity contribution in [2.45, 2.75) is 6.92 Å². The van der Waals surface area contributed by atoms with Crippen LogP contribution >= 0.6 is 0 Å². The first-order chi connectivity index (χ1) is 9.58. The third kappa shape index (κ3) is 1.86. The van der Waals surface area contributed by atoms with Crippen LogP contribution in [-0.4, -0.2) is 5.11 Å². The van der Waals surface area contributed by atoms with Crippen molar-refractivity contribution in [1.29, 1.82) is 0 Å². The number of fused-ring (bicyclic) bond motifs is 1. The van der Waals surface area contributed by atoms with Crippen LogP contribution < -0.4 is 10.00 Å². The zero-order valence-corrected chi connectivity index (χ0v) is 11.3. The van der Waals surface area contributed by atoms with Crippen LogP contribution in [0.4, 0.5) is 0 Å². The van der Waals surface area contributed by atoms with Crippen LogP contribution in [0.3, 0.4) is 0 Å². The van der Waals surface area contributed by atoms with E-state index in [4.69, 9.17) is 4.42 Å². The van der Waals surface area contributed by atoms with Gasteiger partial charge in [-0.05, 0) is 30.7 Å². The van der Waals surface area contributed by atoms with Gasteiger partial charge in [0.1, 0.15) is 35.6 Å². The van der Waals surface area contributed by atoms with Crippen LogP contribution in [0, 0.1) is 6.92 Å². The molecule has 0 atom stereocenters. The summed E-state index contributed by atoms with van der Waals surface area (Å²) in [5.74, 6) is -0.0471. The molecule has 3 rings (SSSR count). The Hall–Kier alpha value is -2.62.